The standard InChI is InChI=1S/C38H63N7O16S3/c1-16(49)40-26-29(53)28(52)19(13-47)57-35(26)60-34-20(14-48)58-36(59-33-17(12-46)32-25(30(33)54)44-38(61-32)45(2)3)27(31(34)55)42-23(51)8-10-63-64-11-9-39-22(50)7-5-4-6-21-24-18(15-62-21)41-37(56)43-24/h17-21,24-36,46-48,52-55H,4-15H2,1-3H3,(H,39,50)(H,40,49)(H,42,51)(H2,41,43,56)/t17-,18?,19+,20+,21?,24?,25+,26+,27+,28+,29-,30+,31-,32-,33+,34+,35-,36-/m0/s1. The highest BCUT2D eigenvalue weighted by atomic mass is 33.1. The van der Waals surface area contributed by atoms with Crippen LogP contribution in [0.1, 0.15) is 39.0 Å². The number of aliphatic hydroxyl groups is 7. The lowest BCUT2D eigenvalue weighted by molar-refractivity contribution is -0.339. The lowest BCUT2D eigenvalue weighted by Crippen LogP contribution is -2.69. The van der Waals surface area contributed by atoms with Crippen molar-refractivity contribution in [3.8, 4) is 0 Å². The van der Waals surface area contributed by atoms with E-state index < -0.39 is 123 Å². The van der Waals surface area contributed by atoms with E-state index in [4.69, 9.17) is 23.7 Å². The summed E-state index contributed by atoms with van der Waals surface area (Å²) in [6, 6.07) is -3.22. The third-order valence-corrected chi connectivity index (χ3v) is 16.0. The van der Waals surface area contributed by atoms with E-state index >= 15 is 0 Å². The molecule has 64 heavy (non-hydrogen) atoms. The molecular formula is C38H63N7O16S3. The van der Waals surface area contributed by atoms with Crippen molar-refractivity contribution in [2.45, 2.75) is 142 Å². The summed E-state index contributed by atoms with van der Waals surface area (Å²) in [6.07, 6.45) is -12.9. The molecule has 0 aromatic rings. The molecule has 23 nitrogen and oxygen atoms in total. The number of thioether (sulfide) groups is 1. The Hall–Kier alpha value is -2.44. The van der Waals surface area contributed by atoms with E-state index in [1.165, 1.54) is 21.6 Å². The molecule has 18 atom stereocenters. The Morgan fingerprint density at radius 2 is 1.53 bits per heavy atom. The van der Waals surface area contributed by atoms with Crippen LogP contribution in [0.15, 0.2) is 4.99 Å². The van der Waals surface area contributed by atoms with Crippen LogP contribution >= 0.6 is 33.3 Å². The first-order valence-corrected chi connectivity index (χ1v) is 25.0. The van der Waals surface area contributed by atoms with Gasteiger partial charge in [-0.2, -0.15) is 11.8 Å². The summed E-state index contributed by atoms with van der Waals surface area (Å²) in [5.41, 5.74) is 0. The molecule has 6 rings (SSSR count). The molecule has 0 radical (unpaired) electrons. The number of aliphatic imine (C=N–C) groups is 1. The van der Waals surface area contributed by atoms with Gasteiger partial charge < -0.3 is 90.9 Å². The van der Waals surface area contributed by atoms with Crippen LogP contribution in [0.25, 0.3) is 0 Å². The number of hydrogen-bond donors (Lipinski definition) is 12. The van der Waals surface area contributed by atoms with E-state index in [0.717, 1.165) is 31.9 Å². The average Bonchev–Trinajstić information content (AvgIpc) is 4.02. The number of nitrogens with one attached hydrogen (secondary N) is 5. The largest absolute Gasteiger partial charge is 0.459 e. The lowest BCUT2D eigenvalue weighted by Gasteiger charge is -2.48. The summed E-state index contributed by atoms with van der Waals surface area (Å²) in [6.45, 7) is -0.446. The van der Waals surface area contributed by atoms with Gasteiger partial charge in [-0.1, -0.05) is 28.0 Å². The number of carbonyl (C=O) groups is 4. The van der Waals surface area contributed by atoms with Crippen molar-refractivity contribution in [2.75, 3.05) is 57.7 Å². The molecule has 364 valence electrons. The average molecular weight is 970 g/mol. The van der Waals surface area contributed by atoms with Crippen molar-refractivity contribution in [1.82, 2.24) is 31.5 Å². The Balaban J connectivity index is 1.03. The fourth-order valence-electron chi connectivity index (χ4n) is 8.78. The van der Waals surface area contributed by atoms with Gasteiger partial charge in [-0.05, 0) is 12.8 Å². The molecule has 12 N–H and O–H groups in total. The van der Waals surface area contributed by atoms with Crippen molar-refractivity contribution in [1.29, 1.82) is 0 Å². The summed E-state index contributed by atoms with van der Waals surface area (Å²) >= 11 is 1.84. The zero-order valence-corrected chi connectivity index (χ0v) is 38.3. The van der Waals surface area contributed by atoms with E-state index in [1.54, 1.807) is 19.0 Å². The molecule has 26 heteroatoms. The van der Waals surface area contributed by atoms with Gasteiger partial charge in [-0.25, -0.2) is 9.79 Å². The first-order chi connectivity index (χ1) is 30.6. The SMILES string of the molecule is CC(=O)N[C@H]1[C@H](O[C@H]2[C@@H](O)[C@@H](NC(=O)CCSSCCNC(=O)CCCCC3SCC4NC(=O)NC43)[C@H](O[C@H]3[C@H](O)[C@H]4N=C(N(C)C)O[C@H]4[C@@H]3CO)O[C@@H]2CO)O[C@H](CO)[C@@H](O)[C@H]1O. The Kier molecular flexibility index (Phi) is 18.7. The highest BCUT2D eigenvalue weighted by molar-refractivity contribution is 8.76. The second-order valence-corrected chi connectivity index (χ2v) is 20.7. The van der Waals surface area contributed by atoms with E-state index in [9.17, 15) is 54.9 Å². The number of hydrogen-bond acceptors (Lipinski definition) is 21. The quantitative estimate of drug-likeness (QED) is 0.0293. The van der Waals surface area contributed by atoms with Gasteiger partial charge in [0.15, 0.2) is 12.6 Å². The molecule has 0 aromatic heterocycles. The predicted molar refractivity (Wildman–Crippen MR) is 232 cm³/mol. The first-order valence-electron chi connectivity index (χ1n) is 21.5. The van der Waals surface area contributed by atoms with Gasteiger partial charge in [-0.3, -0.25) is 14.4 Å². The molecule has 5 heterocycles. The van der Waals surface area contributed by atoms with Gasteiger partial charge in [0, 0.05) is 62.9 Å². The molecule has 3 unspecified atom stereocenters. The number of fused-ring (bicyclic) bond motifs is 2. The van der Waals surface area contributed by atoms with Crippen LogP contribution in [0.3, 0.4) is 0 Å². The van der Waals surface area contributed by atoms with Crippen LogP contribution in [-0.4, -0.2) is 231 Å². The fraction of sp³-hybridized carbons (Fsp3) is 0.868. The van der Waals surface area contributed by atoms with E-state index in [0.29, 0.717) is 29.7 Å². The van der Waals surface area contributed by atoms with Crippen molar-refractivity contribution in [2.24, 2.45) is 10.9 Å². The summed E-state index contributed by atoms with van der Waals surface area (Å²) in [4.78, 5) is 55.7. The molecule has 1 saturated carbocycles. The maximum absolute atomic E-state index is 13.5. The van der Waals surface area contributed by atoms with Crippen molar-refractivity contribution in [3.05, 3.63) is 0 Å². The van der Waals surface area contributed by atoms with Crippen LogP contribution in [0, 0.1) is 5.92 Å². The summed E-state index contributed by atoms with van der Waals surface area (Å²) in [7, 11) is 6.27. The van der Waals surface area contributed by atoms with Gasteiger partial charge in [-0.15, -0.1) is 0 Å². The van der Waals surface area contributed by atoms with Gasteiger partial charge in [0.2, 0.25) is 17.7 Å². The predicted octanol–water partition coefficient (Wildman–Crippen LogP) is -4.46. The number of urea groups is 1. The monoisotopic (exact) mass is 969 g/mol. The highest BCUT2D eigenvalue weighted by Crippen LogP contribution is 2.40. The third kappa shape index (κ3) is 12.2. The van der Waals surface area contributed by atoms with Crippen LogP contribution in [0.4, 0.5) is 4.79 Å². The maximum atomic E-state index is 13.5. The normalized spacial score (nSPS) is 38.9. The molecule has 5 fully saturated rings. The Labute approximate surface area is 382 Å². The van der Waals surface area contributed by atoms with Crippen molar-refractivity contribution < 1.29 is 78.6 Å². The van der Waals surface area contributed by atoms with Gasteiger partial charge >= 0.3 is 6.03 Å². The topological polar surface area (TPSA) is 332 Å². The Bertz CT molecular complexity index is 1630. The number of ether oxygens (including phenoxy) is 5. The number of amidine groups is 1. The second kappa shape index (κ2) is 23.5. The Morgan fingerprint density at radius 1 is 0.844 bits per heavy atom. The fourth-order valence-corrected chi connectivity index (χ4v) is 12.2. The van der Waals surface area contributed by atoms with Crippen LogP contribution in [-0.2, 0) is 38.1 Å². The molecule has 0 spiro atoms. The number of nitrogens with zero attached hydrogens (tertiary/aromatic N) is 2. The van der Waals surface area contributed by atoms with Crippen LogP contribution < -0.4 is 26.6 Å². The first kappa shape index (κ1) is 51.0. The summed E-state index contributed by atoms with van der Waals surface area (Å²) < 4.78 is 30.1. The third-order valence-electron chi connectivity index (χ3n) is 12.1. The molecule has 6 aliphatic rings. The van der Waals surface area contributed by atoms with Gasteiger partial charge in [0.1, 0.15) is 67.0 Å². The van der Waals surface area contributed by atoms with Crippen LogP contribution in [0.5, 0.6) is 0 Å². The maximum Gasteiger partial charge on any atom is 0.315 e. The van der Waals surface area contributed by atoms with Gasteiger partial charge in [0.05, 0.1) is 43.9 Å². The minimum Gasteiger partial charge on any atom is -0.459 e. The van der Waals surface area contributed by atoms with Crippen molar-refractivity contribution >= 4 is 63.1 Å². The molecule has 4 saturated heterocycles. The zero-order chi connectivity index (χ0) is 46.2. The molecule has 0 bridgehead atoms. The molecular weight excluding hydrogens is 907 g/mol. The number of aliphatic hydroxyl groups excluding tert-OH is 7. The number of unbranched alkanes of at least 4 members (excludes halogenated alkanes) is 1. The number of carbonyl (C=O) groups excluding carboxylic acids is 4. The van der Waals surface area contributed by atoms with E-state index in [1.807, 2.05) is 11.8 Å². The lowest BCUT2D eigenvalue weighted by atomic mass is 9.94. The van der Waals surface area contributed by atoms with Gasteiger partial charge in [0.25, 0.3) is 6.02 Å². The number of amides is 5. The van der Waals surface area contributed by atoms with E-state index in [-0.39, 0.29) is 36.5 Å². The second-order valence-electron chi connectivity index (χ2n) is 16.8. The molecule has 5 amide bonds. The minimum atomic E-state index is -1.75. The van der Waals surface area contributed by atoms with Crippen molar-refractivity contribution in [3.63, 3.8) is 0 Å². The molecule has 5 aliphatic heterocycles. The smallest absolute Gasteiger partial charge is 0.315 e. The van der Waals surface area contributed by atoms with E-state index in [2.05, 4.69) is 31.6 Å². The highest BCUT2D eigenvalue weighted by Gasteiger charge is 2.59. The zero-order valence-electron chi connectivity index (χ0n) is 35.8. The summed E-state index contributed by atoms with van der Waals surface area (Å²) in [5.74, 6) is -0.257. The minimum absolute atomic E-state index is 0.0422. The van der Waals surface area contributed by atoms with Crippen LogP contribution in [0.2, 0.25) is 0 Å². The Morgan fingerprint density at radius 3 is 2.22 bits per heavy atom. The summed E-state index contributed by atoms with van der Waals surface area (Å²) in [5, 5.41) is 89.8. The number of rotatable bonds is 21. The molecule has 1 aliphatic carbocycles. The molecule has 0 aromatic carbocycles.